The van der Waals surface area contributed by atoms with Crippen molar-refractivity contribution in [3.8, 4) is 0 Å². The van der Waals surface area contributed by atoms with Crippen molar-refractivity contribution in [2.24, 2.45) is 50.2 Å². The minimum absolute atomic E-state index is 0.0353. The van der Waals surface area contributed by atoms with Gasteiger partial charge in [0.15, 0.2) is 0 Å². The maximum absolute atomic E-state index is 13.0. The van der Waals surface area contributed by atoms with Crippen LogP contribution in [0.2, 0.25) is 0 Å². The number of ether oxygens (including phenoxy) is 1. The highest BCUT2D eigenvalue weighted by atomic mass is 16.5. The van der Waals surface area contributed by atoms with E-state index in [2.05, 4.69) is 68.4 Å². The van der Waals surface area contributed by atoms with Gasteiger partial charge in [-0.15, -0.1) is 0 Å². The van der Waals surface area contributed by atoms with Gasteiger partial charge >= 0.3 is 5.97 Å². The van der Waals surface area contributed by atoms with Crippen molar-refractivity contribution >= 4 is 5.97 Å². The van der Waals surface area contributed by atoms with E-state index >= 15 is 0 Å². The molecule has 5 aliphatic carbocycles. The van der Waals surface area contributed by atoms with Gasteiger partial charge in [-0.05, 0) is 115 Å². The number of unbranched alkanes of at least 4 members (excludes halogenated alkanes) is 6. The predicted octanol–water partition coefficient (Wildman–Crippen LogP) is 11.9. The third-order valence-corrected chi connectivity index (χ3v) is 15.3. The zero-order valence-corrected chi connectivity index (χ0v) is 29.4. The van der Waals surface area contributed by atoms with Gasteiger partial charge in [0.25, 0.3) is 0 Å². The number of carbonyl (C=O) groups is 1. The molecule has 0 spiro atoms. The van der Waals surface area contributed by atoms with Crippen LogP contribution in [0.3, 0.4) is 0 Å². The molecule has 0 heterocycles. The molecule has 5 rings (SSSR count). The summed E-state index contributed by atoms with van der Waals surface area (Å²) in [6.07, 6.45) is 25.3. The van der Waals surface area contributed by atoms with Crippen LogP contribution in [0.25, 0.3) is 0 Å². The largest absolute Gasteiger partial charge is 0.462 e. The molecular formula is C40H68O2. The molecule has 2 nitrogen and oxygen atoms in total. The van der Waals surface area contributed by atoms with Crippen molar-refractivity contribution < 1.29 is 9.53 Å². The van der Waals surface area contributed by atoms with E-state index in [1.807, 2.05) is 5.57 Å². The van der Waals surface area contributed by atoms with Gasteiger partial charge in [0, 0.05) is 11.8 Å². The highest BCUT2D eigenvalue weighted by molar-refractivity contribution is 5.69. The van der Waals surface area contributed by atoms with Crippen LogP contribution in [-0.2, 0) is 9.53 Å². The lowest BCUT2D eigenvalue weighted by atomic mass is 9.33. The summed E-state index contributed by atoms with van der Waals surface area (Å²) in [6, 6.07) is 0. The summed E-state index contributed by atoms with van der Waals surface area (Å²) >= 11 is 0. The maximum Gasteiger partial charge on any atom is 0.306 e. The Balaban J connectivity index is 1.29. The second kappa shape index (κ2) is 11.5. The fourth-order valence-corrected chi connectivity index (χ4v) is 12.1. The van der Waals surface area contributed by atoms with E-state index < -0.39 is 0 Å². The van der Waals surface area contributed by atoms with E-state index in [4.69, 9.17) is 4.74 Å². The lowest BCUT2D eigenvalue weighted by molar-refractivity contribution is -0.212. The first-order chi connectivity index (χ1) is 19.6. The van der Waals surface area contributed by atoms with Crippen LogP contribution in [0.4, 0.5) is 0 Å². The minimum atomic E-state index is 0.0353. The Morgan fingerprint density at radius 3 is 2.17 bits per heavy atom. The fraction of sp³-hybridized carbons (Fsp3) is 0.925. The van der Waals surface area contributed by atoms with E-state index in [1.54, 1.807) is 0 Å². The quantitative estimate of drug-likeness (QED) is 0.154. The van der Waals surface area contributed by atoms with Crippen molar-refractivity contribution in [2.75, 3.05) is 0 Å². The molecule has 0 aromatic rings. The number of esters is 1. The van der Waals surface area contributed by atoms with Crippen molar-refractivity contribution in [1.82, 2.24) is 0 Å². The first-order valence-corrected chi connectivity index (χ1v) is 18.5. The van der Waals surface area contributed by atoms with Crippen LogP contribution < -0.4 is 0 Å². The predicted molar refractivity (Wildman–Crippen MR) is 177 cm³/mol. The summed E-state index contributed by atoms with van der Waals surface area (Å²) in [5.41, 5.74) is 3.89. The summed E-state index contributed by atoms with van der Waals surface area (Å²) in [5, 5.41) is 0. The Labute approximate surface area is 261 Å². The monoisotopic (exact) mass is 581 g/mol. The van der Waals surface area contributed by atoms with Gasteiger partial charge < -0.3 is 4.74 Å². The summed E-state index contributed by atoms with van der Waals surface area (Å²) < 4.78 is 6.35. The molecule has 0 radical (unpaired) electrons. The molecular weight excluding hydrogens is 512 g/mol. The number of hydrogen-bond acceptors (Lipinski definition) is 2. The van der Waals surface area contributed by atoms with Crippen molar-refractivity contribution in [1.29, 1.82) is 0 Å². The smallest absolute Gasteiger partial charge is 0.306 e. The van der Waals surface area contributed by atoms with Crippen LogP contribution in [0.1, 0.15) is 178 Å². The maximum atomic E-state index is 13.0. The average Bonchev–Trinajstić information content (AvgIpc) is 2.91. The molecule has 0 amide bonds. The summed E-state index contributed by atoms with van der Waals surface area (Å²) in [6.45, 7) is 23.0. The lowest BCUT2D eigenvalue weighted by Gasteiger charge is -2.71. The van der Waals surface area contributed by atoms with Crippen LogP contribution >= 0.6 is 0 Å². The van der Waals surface area contributed by atoms with Gasteiger partial charge in [-0.3, -0.25) is 4.79 Å². The van der Waals surface area contributed by atoms with Gasteiger partial charge in [0.2, 0.25) is 0 Å². The Hall–Kier alpha value is -0.790. The average molecular weight is 581 g/mol. The molecule has 0 aromatic carbocycles. The molecule has 42 heavy (non-hydrogen) atoms. The molecule has 2 heteroatoms. The third kappa shape index (κ3) is 5.37. The Morgan fingerprint density at radius 1 is 0.786 bits per heavy atom. The molecule has 1 unspecified atom stereocenters. The van der Waals surface area contributed by atoms with Gasteiger partial charge in [0.1, 0.15) is 6.10 Å². The number of hydrogen-bond donors (Lipinski definition) is 0. The third-order valence-electron chi connectivity index (χ3n) is 15.3. The Morgan fingerprint density at radius 2 is 1.45 bits per heavy atom. The van der Waals surface area contributed by atoms with Crippen molar-refractivity contribution in [2.45, 2.75) is 184 Å². The topological polar surface area (TPSA) is 26.3 Å². The molecule has 5 aliphatic rings. The molecule has 0 saturated heterocycles. The molecule has 0 bridgehead atoms. The van der Waals surface area contributed by atoms with Crippen LogP contribution in [0.15, 0.2) is 11.6 Å². The number of fused-ring (bicyclic) bond motifs is 7. The molecule has 4 fully saturated rings. The second-order valence-electron chi connectivity index (χ2n) is 18.6. The molecule has 4 saturated carbocycles. The van der Waals surface area contributed by atoms with Gasteiger partial charge in [-0.1, -0.05) is 112 Å². The Kier molecular flexibility index (Phi) is 8.95. The van der Waals surface area contributed by atoms with Gasteiger partial charge in [-0.2, -0.15) is 0 Å². The van der Waals surface area contributed by atoms with Crippen molar-refractivity contribution in [3.05, 3.63) is 11.6 Å². The fourth-order valence-electron chi connectivity index (χ4n) is 12.1. The van der Waals surface area contributed by atoms with E-state index in [-0.39, 0.29) is 17.5 Å². The molecule has 0 aromatic heterocycles. The normalized spacial score (nSPS) is 43.7. The number of allylic oxidation sites excluding steroid dienone is 2. The highest BCUT2D eigenvalue weighted by Crippen LogP contribution is 2.75. The Bertz CT molecular complexity index is 1020. The van der Waals surface area contributed by atoms with Gasteiger partial charge in [-0.25, -0.2) is 0 Å². The molecule has 0 N–H and O–H groups in total. The summed E-state index contributed by atoms with van der Waals surface area (Å²) in [4.78, 5) is 13.0. The van der Waals surface area contributed by atoms with Crippen molar-refractivity contribution in [3.63, 3.8) is 0 Å². The lowest BCUT2D eigenvalue weighted by Crippen LogP contribution is -2.64. The second-order valence-corrected chi connectivity index (χ2v) is 18.6. The molecule has 8 atom stereocenters. The molecule has 240 valence electrons. The zero-order chi connectivity index (χ0) is 30.6. The summed E-state index contributed by atoms with van der Waals surface area (Å²) in [7, 11) is 0. The van der Waals surface area contributed by atoms with Gasteiger partial charge in [0.05, 0.1) is 0 Å². The first kappa shape index (κ1) is 32.6. The van der Waals surface area contributed by atoms with E-state index in [9.17, 15) is 4.79 Å². The van der Waals surface area contributed by atoms with E-state index in [0.717, 1.165) is 24.7 Å². The van der Waals surface area contributed by atoms with Crippen LogP contribution in [0.5, 0.6) is 0 Å². The van der Waals surface area contributed by atoms with Crippen LogP contribution in [0, 0.1) is 50.2 Å². The highest BCUT2D eigenvalue weighted by Gasteiger charge is 2.68. The standard InChI is InChI=1S/C40H68O2/c1-10-11-12-13-14-15-16-17-34(41)42-33-21-22-38(7)31(36(33,4)5)20-23-40(9)32(38)19-18-29-30-28-35(2,3)24-25-37(30,6)26-27-39(29,40)8/h18,30-33H,10-17,19-28H2,1-9H3/t30-,31-,32+,33?,37+,38-,39+,40+/m0/s1. The zero-order valence-electron chi connectivity index (χ0n) is 29.4. The minimum Gasteiger partial charge on any atom is -0.462 e. The molecule has 0 aliphatic heterocycles. The first-order valence-electron chi connectivity index (χ1n) is 18.5. The SMILES string of the molecule is CCCCCCCCCC(=O)OC1CC[C@]2(C)[C@H]3CC=C4[C@@H]5CC(C)(C)CC[C@]5(C)CC[C@@]4(C)[C@]3(C)CC[C@H]2C1(C)C. The number of rotatable bonds is 9. The van der Waals surface area contributed by atoms with Crippen LogP contribution in [-0.4, -0.2) is 12.1 Å². The number of carbonyl (C=O) groups excluding carboxylic acids is 1. The van der Waals surface area contributed by atoms with E-state index in [0.29, 0.717) is 39.4 Å². The summed E-state index contributed by atoms with van der Waals surface area (Å²) in [5.74, 6) is 2.17. The van der Waals surface area contributed by atoms with E-state index in [1.165, 1.54) is 96.3 Å².